The van der Waals surface area contributed by atoms with Crippen molar-refractivity contribution in [3.05, 3.63) is 45.6 Å². The van der Waals surface area contributed by atoms with Gasteiger partial charge in [0, 0.05) is 17.6 Å². The first-order chi connectivity index (χ1) is 11.3. The molecule has 1 aromatic carbocycles. The second-order valence-electron chi connectivity index (χ2n) is 7.12. The lowest BCUT2D eigenvalue weighted by Gasteiger charge is -2.27. The van der Waals surface area contributed by atoms with Crippen molar-refractivity contribution in [1.29, 1.82) is 0 Å². The Morgan fingerprint density at radius 2 is 1.96 bits per heavy atom. The lowest BCUT2D eigenvalue weighted by Crippen LogP contribution is -2.38. The molecule has 0 saturated heterocycles. The van der Waals surface area contributed by atoms with Crippen LogP contribution < -0.4 is 10.2 Å². The van der Waals surface area contributed by atoms with E-state index in [1.54, 1.807) is 5.06 Å². The molecule has 1 aromatic heterocycles. The summed E-state index contributed by atoms with van der Waals surface area (Å²) >= 11 is 1.81. The van der Waals surface area contributed by atoms with Gasteiger partial charge in [0.05, 0.1) is 10.4 Å². The van der Waals surface area contributed by atoms with E-state index in [9.17, 15) is 0 Å². The number of rotatable bonds is 0. The standard InChI is InChI=1S/C19H25N3OS/c1-13-12-16-17(24-13)11-10-14-8-6-7-9-15(14)20-18(22(5)23-16)21-19(2,3)4/h6-9,12H,10-11H2,1-5H3,(H,20,21). The number of guanidine groups is 1. The molecular weight excluding hydrogens is 318 g/mol. The molecule has 0 atom stereocenters. The van der Waals surface area contributed by atoms with Crippen LogP contribution in [0.1, 0.15) is 36.1 Å². The molecule has 0 bridgehead atoms. The number of hydroxylamine groups is 2. The number of benzene rings is 1. The third kappa shape index (κ3) is 3.90. The van der Waals surface area contributed by atoms with E-state index in [0.717, 1.165) is 24.3 Å². The van der Waals surface area contributed by atoms with E-state index >= 15 is 0 Å². The number of hydrogen-bond donors (Lipinski definition) is 1. The number of anilines is 1. The molecule has 0 spiro atoms. The maximum Gasteiger partial charge on any atom is 0.232 e. The molecule has 0 unspecified atom stereocenters. The fraction of sp³-hybridized carbons (Fsp3) is 0.421. The molecule has 0 amide bonds. The third-order valence-corrected chi connectivity index (χ3v) is 4.85. The van der Waals surface area contributed by atoms with Crippen molar-refractivity contribution in [3.63, 3.8) is 0 Å². The molecule has 1 aliphatic heterocycles. The Hall–Kier alpha value is -2.01. The molecule has 2 heterocycles. The van der Waals surface area contributed by atoms with Crippen molar-refractivity contribution in [2.75, 3.05) is 12.4 Å². The van der Waals surface area contributed by atoms with Gasteiger partial charge in [-0.05, 0) is 58.2 Å². The molecule has 0 fully saturated rings. The molecule has 2 aromatic rings. The number of hydrogen-bond acceptors (Lipinski definition) is 3. The van der Waals surface area contributed by atoms with E-state index in [4.69, 9.17) is 9.83 Å². The summed E-state index contributed by atoms with van der Waals surface area (Å²) in [6, 6.07) is 10.5. The quantitative estimate of drug-likeness (QED) is 0.756. The van der Waals surface area contributed by atoms with E-state index < -0.39 is 0 Å². The monoisotopic (exact) mass is 343 g/mol. The minimum absolute atomic E-state index is 0.202. The number of nitrogens with zero attached hydrogens (tertiary/aromatic N) is 2. The van der Waals surface area contributed by atoms with Crippen molar-refractivity contribution in [1.82, 2.24) is 5.06 Å². The molecule has 0 aliphatic carbocycles. The van der Waals surface area contributed by atoms with Gasteiger partial charge in [-0.3, -0.25) is 0 Å². The topological polar surface area (TPSA) is 36.9 Å². The molecular formula is C19H25N3OS. The van der Waals surface area contributed by atoms with Crippen LogP contribution >= 0.6 is 11.3 Å². The molecule has 0 radical (unpaired) electrons. The maximum absolute atomic E-state index is 6.12. The van der Waals surface area contributed by atoms with Crippen LogP contribution in [-0.4, -0.2) is 23.6 Å². The van der Waals surface area contributed by atoms with Crippen LogP contribution in [0.2, 0.25) is 0 Å². The van der Waals surface area contributed by atoms with Crippen LogP contribution in [0.15, 0.2) is 35.3 Å². The highest BCUT2D eigenvalue weighted by Gasteiger charge is 2.20. The van der Waals surface area contributed by atoms with Gasteiger partial charge in [0.25, 0.3) is 0 Å². The van der Waals surface area contributed by atoms with Crippen molar-refractivity contribution in [3.8, 4) is 5.75 Å². The van der Waals surface area contributed by atoms with Gasteiger partial charge in [-0.25, -0.2) is 4.99 Å². The molecule has 24 heavy (non-hydrogen) atoms. The number of aryl methyl sites for hydroxylation is 3. The second kappa shape index (κ2) is 6.48. The van der Waals surface area contributed by atoms with Crippen molar-refractivity contribution < 1.29 is 4.84 Å². The minimum Gasteiger partial charge on any atom is -0.376 e. The van der Waals surface area contributed by atoms with Crippen LogP contribution in [0.25, 0.3) is 0 Å². The highest BCUT2D eigenvalue weighted by atomic mass is 32.1. The van der Waals surface area contributed by atoms with Crippen LogP contribution in [0.4, 0.5) is 5.69 Å². The van der Waals surface area contributed by atoms with E-state index in [0.29, 0.717) is 5.96 Å². The average molecular weight is 343 g/mol. The predicted molar refractivity (Wildman–Crippen MR) is 102 cm³/mol. The average Bonchev–Trinajstić information content (AvgIpc) is 2.83. The summed E-state index contributed by atoms with van der Waals surface area (Å²) in [5.74, 6) is 1.65. The maximum atomic E-state index is 6.12. The van der Waals surface area contributed by atoms with Gasteiger partial charge in [-0.1, -0.05) is 18.2 Å². The summed E-state index contributed by atoms with van der Waals surface area (Å²) in [6.45, 7) is 8.37. The molecule has 3 rings (SSSR count). The predicted octanol–water partition coefficient (Wildman–Crippen LogP) is 4.65. The minimum atomic E-state index is -0.202. The SMILES string of the molecule is Cc1cc2c(s1)CCc1ccccc1NC(=NC(C)(C)C)N(C)O2. The molecule has 5 heteroatoms. The Labute approximate surface area is 148 Å². The molecule has 4 nitrogen and oxygen atoms in total. The lowest BCUT2D eigenvalue weighted by atomic mass is 10.1. The molecule has 128 valence electrons. The summed E-state index contributed by atoms with van der Waals surface area (Å²) in [6.07, 6.45) is 1.96. The summed E-state index contributed by atoms with van der Waals surface area (Å²) in [5, 5.41) is 5.20. The van der Waals surface area contributed by atoms with Crippen LogP contribution in [-0.2, 0) is 12.8 Å². The highest BCUT2D eigenvalue weighted by Crippen LogP contribution is 2.32. The van der Waals surface area contributed by atoms with Crippen LogP contribution in [0.3, 0.4) is 0 Å². The fourth-order valence-electron chi connectivity index (χ4n) is 2.71. The van der Waals surface area contributed by atoms with Crippen molar-refractivity contribution in [2.45, 2.75) is 46.1 Å². The largest absolute Gasteiger partial charge is 0.376 e. The lowest BCUT2D eigenvalue weighted by molar-refractivity contribution is 0.0459. The van der Waals surface area contributed by atoms with Gasteiger partial charge in [0.15, 0.2) is 5.75 Å². The Morgan fingerprint density at radius 3 is 2.71 bits per heavy atom. The Bertz CT molecular complexity index is 758. The first-order valence-electron chi connectivity index (χ1n) is 8.27. The first-order valence-corrected chi connectivity index (χ1v) is 9.09. The Morgan fingerprint density at radius 1 is 1.21 bits per heavy atom. The van der Waals surface area contributed by atoms with Gasteiger partial charge in [-0.2, -0.15) is 5.06 Å². The number of para-hydroxylation sites is 1. The van der Waals surface area contributed by atoms with Gasteiger partial charge in [0.2, 0.25) is 5.96 Å². The summed E-state index contributed by atoms with van der Waals surface area (Å²) < 4.78 is 0. The van der Waals surface area contributed by atoms with E-state index in [1.807, 2.05) is 24.5 Å². The highest BCUT2D eigenvalue weighted by molar-refractivity contribution is 7.12. The number of nitrogens with one attached hydrogen (secondary N) is 1. The summed E-state index contributed by atoms with van der Waals surface area (Å²) in [5.41, 5.74) is 2.19. The van der Waals surface area contributed by atoms with Crippen LogP contribution in [0, 0.1) is 6.92 Å². The zero-order valence-electron chi connectivity index (χ0n) is 15.0. The first kappa shape index (κ1) is 16.8. The van der Waals surface area contributed by atoms with Crippen LogP contribution in [0.5, 0.6) is 5.75 Å². The van der Waals surface area contributed by atoms with Gasteiger partial charge < -0.3 is 10.2 Å². The van der Waals surface area contributed by atoms with E-state index in [-0.39, 0.29) is 5.54 Å². The van der Waals surface area contributed by atoms with Gasteiger partial charge in [-0.15, -0.1) is 11.3 Å². The smallest absolute Gasteiger partial charge is 0.232 e. The molecule has 1 N–H and O–H groups in total. The van der Waals surface area contributed by atoms with Crippen molar-refractivity contribution >= 4 is 23.0 Å². The Kier molecular flexibility index (Phi) is 4.54. The van der Waals surface area contributed by atoms with Gasteiger partial charge >= 0.3 is 0 Å². The van der Waals surface area contributed by atoms with E-state index in [1.165, 1.54) is 15.3 Å². The van der Waals surface area contributed by atoms with Crippen molar-refractivity contribution in [2.24, 2.45) is 4.99 Å². The second-order valence-corrected chi connectivity index (χ2v) is 8.46. The third-order valence-electron chi connectivity index (χ3n) is 3.75. The zero-order chi connectivity index (χ0) is 17.3. The van der Waals surface area contributed by atoms with Gasteiger partial charge in [0.1, 0.15) is 0 Å². The summed E-state index contributed by atoms with van der Waals surface area (Å²) in [7, 11) is 1.90. The Balaban J connectivity index is 2.06. The molecule has 1 aliphatic rings. The molecule has 0 saturated carbocycles. The summed E-state index contributed by atoms with van der Waals surface area (Å²) in [4.78, 5) is 13.5. The number of thiophene rings is 1. The zero-order valence-corrected chi connectivity index (χ0v) is 15.8. The van der Waals surface area contributed by atoms with E-state index in [2.05, 4.69) is 57.3 Å². The number of aliphatic imine (C=N–C) groups is 1. The fourth-order valence-corrected chi connectivity index (χ4v) is 3.66. The number of fused-ring (bicyclic) bond motifs is 2. The normalized spacial score (nSPS) is 16.9.